The van der Waals surface area contributed by atoms with E-state index in [0.29, 0.717) is 0 Å². The summed E-state index contributed by atoms with van der Waals surface area (Å²) in [4.78, 5) is 0. The number of ether oxygens (including phenoxy) is 1. The Balaban J connectivity index is 1.70. The number of nitrogens with one attached hydrogen (secondary N) is 1. The van der Waals surface area contributed by atoms with Crippen molar-refractivity contribution in [3.63, 3.8) is 0 Å². The normalized spacial score (nSPS) is 27.2. The van der Waals surface area contributed by atoms with Crippen LogP contribution in [0.1, 0.15) is 36.6 Å². The van der Waals surface area contributed by atoms with E-state index in [4.69, 9.17) is 4.74 Å². The van der Waals surface area contributed by atoms with Gasteiger partial charge in [0.05, 0.1) is 12.6 Å². The summed E-state index contributed by atoms with van der Waals surface area (Å²) < 4.78 is 6.73. The second-order valence-corrected chi connectivity index (χ2v) is 8.87. The second-order valence-electron chi connectivity index (χ2n) is 8.87. The Morgan fingerprint density at radius 1 is 0.862 bits per heavy atom. The van der Waals surface area contributed by atoms with Gasteiger partial charge < -0.3 is 10.1 Å². The number of para-hydroxylation sites is 1. The van der Waals surface area contributed by atoms with E-state index >= 15 is 0 Å². The van der Waals surface area contributed by atoms with Gasteiger partial charge in [0.15, 0.2) is 0 Å². The first-order valence-electron chi connectivity index (χ1n) is 10.4. The zero-order chi connectivity index (χ0) is 19.9. The van der Waals surface area contributed by atoms with Gasteiger partial charge in [-0.1, -0.05) is 98.8 Å². The maximum absolute atomic E-state index is 6.73. The molecule has 1 fully saturated rings. The standard InChI is InChI=1S/C27H27NO/c1-26(2)19-29-27(18-17-20-11-5-3-6-12-20)22-15-9-10-16-23(22)28-24(25(26)27)21-13-7-4-8-14-21/h3-18,24-25,28H,19H2,1-2H3/b18-17+/t24-,25+,27+/m1/s1. The molecule has 2 heteroatoms. The van der Waals surface area contributed by atoms with Crippen molar-refractivity contribution < 1.29 is 4.74 Å². The molecule has 2 heterocycles. The van der Waals surface area contributed by atoms with Crippen LogP contribution >= 0.6 is 0 Å². The Kier molecular flexibility index (Phi) is 4.33. The van der Waals surface area contributed by atoms with E-state index < -0.39 is 5.60 Å². The zero-order valence-electron chi connectivity index (χ0n) is 17.0. The molecule has 0 amide bonds. The van der Waals surface area contributed by atoms with Crippen LogP contribution in [0.2, 0.25) is 0 Å². The van der Waals surface area contributed by atoms with Crippen molar-refractivity contribution in [1.82, 2.24) is 0 Å². The van der Waals surface area contributed by atoms with Crippen LogP contribution in [-0.4, -0.2) is 6.61 Å². The molecule has 0 spiro atoms. The van der Waals surface area contributed by atoms with Crippen LogP contribution in [0.4, 0.5) is 5.69 Å². The summed E-state index contributed by atoms with van der Waals surface area (Å²) >= 11 is 0. The highest BCUT2D eigenvalue weighted by Gasteiger charge is 2.59. The molecule has 0 radical (unpaired) electrons. The van der Waals surface area contributed by atoms with Gasteiger partial charge in [-0.15, -0.1) is 0 Å². The Morgan fingerprint density at radius 3 is 2.28 bits per heavy atom. The molecule has 29 heavy (non-hydrogen) atoms. The summed E-state index contributed by atoms with van der Waals surface area (Å²) in [5.41, 5.74) is 4.47. The first kappa shape index (κ1) is 18.2. The molecule has 0 bridgehead atoms. The fourth-order valence-electron chi connectivity index (χ4n) is 5.17. The fraction of sp³-hybridized carbons (Fsp3) is 0.259. The summed E-state index contributed by atoms with van der Waals surface area (Å²) in [6, 6.07) is 30.1. The first-order valence-corrected chi connectivity index (χ1v) is 10.4. The van der Waals surface area contributed by atoms with Gasteiger partial charge in [0, 0.05) is 17.2 Å². The number of fused-ring (bicyclic) bond motifs is 3. The van der Waals surface area contributed by atoms with Gasteiger partial charge >= 0.3 is 0 Å². The molecule has 3 aromatic carbocycles. The van der Waals surface area contributed by atoms with Crippen LogP contribution in [0.5, 0.6) is 0 Å². The van der Waals surface area contributed by atoms with Crippen LogP contribution in [-0.2, 0) is 10.3 Å². The Morgan fingerprint density at radius 2 is 1.52 bits per heavy atom. The van der Waals surface area contributed by atoms with Gasteiger partial charge in [0.2, 0.25) is 0 Å². The number of anilines is 1. The van der Waals surface area contributed by atoms with E-state index in [0.717, 1.165) is 12.3 Å². The zero-order valence-corrected chi connectivity index (χ0v) is 17.0. The predicted molar refractivity (Wildman–Crippen MR) is 120 cm³/mol. The van der Waals surface area contributed by atoms with Crippen molar-refractivity contribution in [2.75, 3.05) is 11.9 Å². The molecule has 0 unspecified atom stereocenters. The molecule has 1 saturated heterocycles. The highest BCUT2D eigenvalue weighted by atomic mass is 16.5. The molecule has 3 atom stereocenters. The van der Waals surface area contributed by atoms with Crippen LogP contribution in [0, 0.1) is 11.3 Å². The number of hydrogen-bond acceptors (Lipinski definition) is 2. The van der Waals surface area contributed by atoms with E-state index in [1.807, 2.05) is 0 Å². The lowest BCUT2D eigenvalue weighted by Gasteiger charge is -2.47. The van der Waals surface area contributed by atoms with Crippen LogP contribution in [0.25, 0.3) is 6.08 Å². The highest BCUT2D eigenvalue weighted by molar-refractivity contribution is 5.63. The summed E-state index contributed by atoms with van der Waals surface area (Å²) in [5.74, 6) is 0.271. The molecule has 5 rings (SSSR count). The molecule has 0 aliphatic carbocycles. The third-order valence-corrected chi connectivity index (χ3v) is 6.46. The van der Waals surface area contributed by atoms with Crippen molar-refractivity contribution in [3.8, 4) is 0 Å². The van der Waals surface area contributed by atoms with Crippen molar-refractivity contribution in [3.05, 3.63) is 108 Å². The number of benzene rings is 3. The van der Waals surface area contributed by atoms with Crippen LogP contribution < -0.4 is 5.32 Å². The molecular weight excluding hydrogens is 354 g/mol. The SMILES string of the molecule is CC1(C)CO[C@@]2(/C=C/c3ccccc3)c3ccccc3N[C@H](c3ccccc3)[C@@H]12. The van der Waals surface area contributed by atoms with E-state index in [-0.39, 0.29) is 17.4 Å². The van der Waals surface area contributed by atoms with Gasteiger partial charge in [-0.2, -0.15) is 0 Å². The van der Waals surface area contributed by atoms with Crippen molar-refractivity contribution in [2.45, 2.75) is 25.5 Å². The van der Waals surface area contributed by atoms with Gasteiger partial charge in [-0.25, -0.2) is 0 Å². The second kappa shape index (κ2) is 6.89. The van der Waals surface area contributed by atoms with E-state index in [1.165, 1.54) is 16.7 Å². The maximum Gasteiger partial charge on any atom is 0.119 e. The predicted octanol–water partition coefficient (Wildman–Crippen LogP) is 6.43. The van der Waals surface area contributed by atoms with E-state index in [1.54, 1.807) is 0 Å². The Hall–Kier alpha value is -2.84. The molecule has 0 saturated carbocycles. The molecule has 3 aromatic rings. The molecule has 2 aliphatic rings. The minimum absolute atomic E-state index is 0.0298. The highest BCUT2D eigenvalue weighted by Crippen LogP contribution is 2.61. The van der Waals surface area contributed by atoms with E-state index in [9.17, 15) is 0 Å². The monoisotopic (exact) mass is 381 g/mol. The lowest BCUT2D eigenvalue weighted by molar-refractivity contribution is 0.00961. The van der Waals surface area contributed by atoms with Crippen LogP contribution in [0.15, 0.2) is 91.0 Å². The quantitative estimate of drug-likeness (QED) is 0.564. The lowest BCUT2D eigenvalue weighted by Crippen LogP contribution is -2.45. The smallest absolute Gasteiger partial charge is 0.119 e. The summed E-state index contributed by atoms with van der Waals surface area (Å²) in [7, 11) is 0. The third kappa shape index (κ3) is 2.99. The fourth-order valence-corrected chi connectivity index (χ4v) is 5.17. The largest absolute Gasteiger partial charge is 0.377 e. The summed E-state index contributed by atoms with van der Waals surface area (Å²) in [6.45, 7) is 5.40. The molecular formula is C27H27NO. The van der Waals surface area contributed by atoms with E-state index in [2.05, 4.69) is 116 Å². The van der Waals surface area contributed by atoms with Crippen molar-refractivity contribution >= 4 is 11.8 Å². The summed E-state index contributed by atoms with van der Waals surface area (Å²) in [6.07, 6.45) is 4.52. The van der Waals surface area contributed by atoms with Gasteiger partial charge in [0.25, 0.3) is 0 Å². The van der Waals surface area contributed by atoms with Crippen molar-refractivity contribution in [1.29, 1.82) is 0 Å². The summed E-state index contributed by atoms with van der Waals surface area (Å²) in [5, 5.41) is 3.85. The third-order valence-electron chi connectivity index (χ3n) is 6.46. The minimum Gasteiger partial charge on any atom is -0.377 e. The van der Waals surface area contributed by atoms with Gasteiger partial charge in [-0.3, -0.25) is 0 Å². The average molecular weight is 382 g/mol. The molecule has 2 aliphatic heterocycles. The van der Waals surface area contributed by atoms with Gasteiger partial charge in [0.1, 0.15) is 5.60 Å². The minimum atomic E-state index is -0.457. The maximum atomic E-state index is 6.73. The lowest BCUT2D eigenvalue weighted by atomic mass is 9.63. The number of hydrogen-bond donors (Lipinski definition) is 1. The molecule has 2 nitrogen and oxygen atoms in total. The topological polar surface area (TPSA) is 21.3 Å². The Bertz CT molecular complexity index is 1020. The van der Waals surface area contributed by atoms with Crippen LogP contribution in [0.3, 0.4) is 0 Å². The average Bonchev–Trinajstić information content (AvgIpc) is 3.05. The molecule has 1 N–H and O–H groups in total. The Labute approximate surface area is 173 Å². The molecule has 146 valence electrons. The number of rotatable bonds is 3. The van der Waals surface area contributed by atoms with Gasteiger partial charge in [-0.05, 0) is 28.7 Å². The van der Waals surface area contributed by atoms with Crippen molar-refractivity contribution in [2.24, 2.45) is 11.3 Å². The first-order chi connectivity index (χ1) is 14.1. The molecule has 0 aromatic heterocycles.